The van der Waals surface area contributed by atoms with Crippen molar-refractivity contribution in [3.8, 4) is 45.1 Å². The van der Waals surface area contributed by atoms with E-state index in [1.54, 1.807) is 92.7 Å². The number of alkyl halides is 9. The van der Waals surface area contributed by atoms with Crippen molar-refractivity contribution in [2.45, 2.75) is 68.9 Å². The van der Waals surface area contributed by atoms with Gasteiger partial charge in [0.2, 0.25) is 23.6 Å². The number of halogens is 10. The summed E-state index contributed by atoms with van der Waals surface area (Å²) in [4.78, 5) is 59.1. The second kappa shape index (κ2) is 26.1. The van der Waals surface area contributed by atoms with Crippen LogP contribution in [-0.2, 0) is 26.6 Å². The van der Waals surface area contributed by atoms with E-state index in [9.17, 15) is 64.0 Å². The molecule has 3 amide bonds. The van der Waals surface area contributed by atoms with Gasteiger partial charge < -0.3 is 25.4 Å². The van der Waals surface area contributed by atoms with Crippen molar-refractivity contribution in [3.63, 3.8) is 0 Å². The Kier molecular flexibility index (Phi) is 19.1. The van der Waals surface area contributed by atoms with Gasteiger partial charge in [0.25, 0.3) is 11.6 Å². The quantitative estimate of drug-likeness (QED) is 0.0327. The maximum Gasteiger partial charge on any atom is 0.416 e. The number of amides is 3. The first-order valence-electron chi connectivity index (χ1n) is 26.9. The Morgan fingerprint density at radius 1 is 0.540 bits per heavy atom. The van der Waals surface area contributed by atoms with Crippen LogP contribution in [0.15, 0.2) is 170 Å². The minimum absolute atomic E-state index is 0. The number of hydrogen-bond acceptors (Lipinski definition) is 9. The summed E-state index contributed by atoms with van der Waals surface area (Å²) in [6.07, 6.45) is -10.1. The van der Waals surface area contributed by atoms with E-state index < -0.39 is 70.7 Å². The molecule has 0 atom stereocenters. The van der Waals surface area contributed by atoms with Crippen LogP contribution >= 0.6 is 12.4 Å². The second-order valence-corrected chi connectivity index (χ2v) is 20.5. The lowest BCUT2D eigenvalue weighted by Crippen LogP contribution is -2.47. The van der Waals surface area contributed by atoms with Gasteiger partial charge >= 0.3 is 18.5 Å². The van der Waals surface area contributed by atoms with Crippen LogP contribution < -0.4 is 25.4 Å². The van der Waals surface area contributed by atoms with E-state index in [4.69, 9.17) is 9.47 Å². The number of nitrogens with zero attached hydrogens (tertiary/aromatic N) is 3. The number of fused-ring (bicyclic) bond motifs is 6. The summed E-state index contributed by atoms with van der Waals surface area (Å²) in [6.45, 7) is 0.679. The van der Waals surface area contributed by atoms with Crippen molar-refractivity contribution in [1.82, 2.24) is 20.6 Å². The Balaban J connectivity index is 0.000000239. The minimum atomic E-state index is -4.58. The van der Waals surface area contributed by atoms with E-state index in [-0.39, 0.29) is 61.5 Å². The third-order valence-corrected chi connectivity index (χ3v) is 14.9. The predicted molar refractivity (Wildman–Crippen MR) is 310 cm³/mol. The Morgan fingerprint density at radius 3 is 1.32 bits per heavy atom. The molecular weight excluding hydrogens is 1170 g/mol. The van der Waals surface area contributed by atoms with Crippen molar-refractivity contribution in [2.75, 3.05) is 31.6 Å². The molecule has 2 aliphatic carbocycles. The van der Waals surface area contributed by atoms with Gasteiger partial charge in [-0.05, 0) is 119 Å². The monoisotopic (exact) mass is 1220 g/mol. The molecule has 10 rings (SSSR count). The number of hydrogen-bond donors (Lipinski definition) is 3. The molecule has 87 heavy (non-hydrogen) atoms. The van der Waals surface area contributed by atoms with Crippen molar-refractivity contribution in [2.24, 2.45) is 0 Å². The molecule has 0 fully saturated rings. The van der Waals surface area contributed by atoms with Gasteiger partial charge in [0.05, 0.1) is 35.6 Å². The Hall–Kier alpha value is -9.31. The highest BCUT2D eigenvalue weighted by molar-refractivity contribution is 6.09. The zero-order chi connectivity index (χ0) is 61.6. The lowest BCUT2D eigenvalue weighted by atomic mass is 9.73. The largest absolute Gasteiger partial charge is 0.477 e. The molecule has 13 nitrogen and oxygen atoms in total. The number of anilines is 1. The van der Waals surface area contributed by atoms with Crippen LogP contribution in [0.2, 0.25) is 0 Å². The molecular formula is C64H54ClF9N6O7. The molecule has 6 aromatic carbocycles. The molecule has 2 aliphatic rings. The smallest absolute Gasteiger partial charge is 0.416 e. The molecule has 0 bridgehead atoms. The predicted octanol–water partition coefficient (Wildman–Crippen LogP) is 14.7. The molecule has 0 saturated heterocycles. The number of carbonyl (C=O) groups excluding carboxylic acids is 3. The number of benzene rings is 6. The number of ether oxygens (including phenoxy) is 2. The van der Waals surface area contributed by atoms with Gasteiger partial charge in [-0.2, -0.15) is 39.5 Å². The van der Waals surface area contributed by atoms with Crippen LogP contribution in [0.25, 0.3) is 33.4 Å². The molecule has 2 heterocycles. The SMILES string of the molecule is Cc1cc(NC(=O)c2ccccc2-c2ccc(C(F)(F)F)cc2)cnc1OCCCC1(C(=O)NCC(F)(F)F)c2ccccc2-c2ccccc21.Cc1cc([N+](=O)[O-])cnc1OCCCC1(C(=O)NCC(F)(F)F)c2ccccc2-c2ccccc21.Cl. The molecule has 23 heteroatoms. The maximum atomic E-state index is 13.7. The molecule has 0 radical (unpaired) electrons. The summed E-state index contributed by atoms with van der Waals surface area (Å²) in [7, 11) is 0. The van der Waals surface area contributed by atoms with Gasteiger partial charge in [-0.3, -0.25) is 24.5 Å². The second-order valence-electron chi connectivity index (χ2n) is 20.5. The summed E-state index contributed by atoms with van der Waals surface area (Å²) in [5.74, 6) is -1.48. The van der Waals surface area contributed by atoms with Crippen LogP contribution in [0.1, 0.15) is 75.0 Å². The Labute approximate surface area is 498 Å². The number of nitrogens with one attached hydrogen (secondary N) is 3. The first kappa shape index (κ1) is 63.7. The fourth-order valence-electron chi connectivity index (χ4n) is 11.1. The van der Waals surface area contributed by atoms with Crippen LogP contribution in [0, 0.1) is 24.0 Å². The molecule has 0 aliphatic heterocycles. The molecule has 2 aromatic heterocycles. The maximum absolute atomic E-state index is 13.7. The summed E-state index contributed by atoms with van der Waals surface area (Å²) >= 11 is 0. The summed E-state index contributed by atoms with van der Waals surface area (Å²) < 4.78 is 129. The summed E-state index contributed by atoms with van der Waals surface area (Å²) in [5, 5.41) is 17.9. The fourth-order valence-corrected chi connectivity index (χ4v) is 11.1. The molecule has 0 spiro atoms. The number of carbonyl (C=O) groups is 3. The van der Waals surface area contributed by atoms with Crippen LogP contribution in [0.5, 0.6) is 11.8 Å². The number of aromatic nitrogens is 2. The average molecular weight is 1230 g/mol. The third kappa shape index (κ3) is 13.9. The Bertz CT molecular complexity index is 3750. The number of nitro groups is 1. The summed E-state index contributed by atoms with van der Waals surface area (Å²) in [5.41, 5.74) is 4.63. The van der Waals surface area contributed by atoms with Crippen LogP contribution in [-0.4, -0.2) is 71.3 Å². The van der Waals surface area contributed by atoms with Gasteiger partial charge in [0.1, 0.15) is 30.1 Å². The highest BCUT2D eigenvalue weighted by Crippen LogP contribution is 2.53. The third-order valence-electron chi connectivity index (χ3n) is 14.9. The minimum Gasteiger partial charge on any atom is -0.477 e. The normalized spacial score (nSPS) is 13.2. The summed E-state index contributed by atoms with van der Waals surface area (Å²) in [6, 6.07) is 42.9. The van der Waals surface area contributed by atoms with Crippen LogP contribution in [0.4, 0.5) is 50.9 Å². The zero-order valence-corrected chi connectivity index (χ0v) is 47.1. The van der Waals surface area contributed by atoms with Gasteiger partial charge in [-0.15, -0.1) is 12.4 Å². The first-order valence-corrected chi connectivity index (χ1v) is 26.9. The van der Waals surface area contributed by atoms with E-state index in [2.05, 4.69) is 25.9 Å². The Morgan fingerprint density at radius 2 is 0.931 bits per heavy atom. The number of pyridine rings is 2. The van der Waals surface area contributed by atoms with E-state index in [0.29, 0.717) is 63.0 Å². The van der Waals surface area contributed by atoms with Crippen molar-refractivity contribution < 1.29 is 68.3 Å². The lowest BCUT2D eigenvalue weighted by Gasteiger charge is -2.31. The van der Waals surface area contributed by atoms with Gasteiger partial charge in [-0.1, -0.05) is 127 Å². The highest BCUT2D eigenvalue weighted by Gasteiger charge is 2.51. The molecule has 452 valence electrons. The first-order chi connectivity index (χ1) is 40.9. The molecule has 0 saturated carbocycles. The standard InChI is InChI=1S/C39H31F6N3O3.C25H22F3N3O4.ClH/c1-24-21-27(48-34(49)31-12-3-2-9-28(31)25-15-17-26(18-16-25)39(43,44)45)22-46-35(24)51-20-8-19-37(36(50)47-23-38(40,41)42)32-13-6-4-10-29(32)30-11-5-7-14-33(30)37;1-16-13-17(31(33)34)14-29-22(16)35-12-6-11-24(23(32)30-15-25(26,27)28)20-9-4-2-7-18(20)19-8-3-5-10-21(19)24;/h2-7,9-18,21-22H,8,19-20,23H2,1H3,(H,47,50)(H,48,49);2-5,7-10,13-14H,6,11-12,15H2,1H3,(H,30,32);1H. The topological polar surface area (TPSA) is 175 Å². The molecule has 0 unspecified atom stereocenters. The van der Waals surface area contributed by atoms with E-state index in [1.807, 2.05) is 48.5 Å². The lowest BCUT2D eigenvalue weighted by molar-refractivity contribution is -0.385. The zero-order valence-electron chi connectivity index (χ0n) is 46.3. The van der Waals surface area contributed by atoms with Crippen molar-refractivity contribution in [3.05, 3.63) is 225 Å². The highest BCUT2D eigenvalue weighted by atomic mass is 35.5. The fraction of sp³-hybridized carbons (Fsp3) is 0.234. The van der Waals surface area contributed by atoms with Crippen LogP contribution in [0.3, 0.4) is 0 Å². The number of rotatable bonds is 18. The van der Waals surface area contributed by atoms with Gasteiger partial charge in [0, 0.05) is 22.8 Å². The van der Waals surface area contributed by atoms with Gasteiger partial charge in [0.15, 0.2) is 0 Å². The van der Waals surface area contributed by atoms with E-state index in [1.165, 1.54) is 24.4 Å². The van der Waals surface area contributed by atoms with Crippen molar-refractivity contribution >= 4 is 41.5 Å². The van der Waals surface area contributed by atoms with Crippen molar-refractivity contribution in [1.29, 1.82) is 0 Å². The van der Waals surface area contributed by atoms with E-state index >= 15 is 0 Å². The number of aryl methyl sites for hydroxylation is 2. The van der Waals surface area contributed by atoms with E-state index in [0.717, 1.165) is 40.6 Å². The van der Waals surface area contributed by atoms with Gasteiger partial charge in [-0.25, -0.2) is 9.97 Å². The average Bonchev–Trinajstić information content (AvgIpc) is 1.59. The molecule has 8 aromatic rings. The molecule has 3 N–H and O–H groups in total.